The molecular formula is C6H13N. The average molecular weight is 99.2 g/mol. The first-order valence-corrected chi connectivity index (χ1v) is 3.04. The van der Waals surface area contributed by atoms with Gasteiger partial charge in [-0.15, -0.1) is 0 Å². The maximum atomic E-state index is 5.33. The molecule has 0 bridgehead atoms. The van der Waals surface area contributed by atoms with Crippen LogP contribution in [-0.2, 0) is 0 Å². The largest absolute Gasteiger partial charge is 0.330 e. The van der Waals surface area contributed by atoms with Crippen molar-refractivity contribution in [3.05, 3.63) is 0 Å². The van der Waals surface area contributed by atoms with E-state index in [1.54, 1.807) is 0 Å². The molecule has 0 spiro atoms. The molecule has 0 heterocycles. The highest BCUT2D eigenvalue weighted by atomic mass is 14.5. The molecule has 42 valence electrons. The molecule has 0 amide bonds. The molecule has 0 aromatic rings. The minimum atomic E-state index is 0.884. The normalized spacial score (nSPS) is 38.6. The van der Waals surface area contributed by atoms with Crippen molar-refractivity contribution in [2.24, 2.45) is 17.6 Å². The molecule has 1 rings (SSSR count). The lowest BCUT2D eigenvalue weighted by atomic mass is 10.2. The Balaban J connectivity index is 1.98. The summed E-state index contributed by atoms with van der Waals surface area (Å²) in [6, 6.07) is 0. The fourth-order valence-electron chi connectivity index (χ4n) is 1.02. The zero-order chi connectivity index (χ0) is 5.28. The van der Waals surface area contributed by atoms with Crippen molar-refractivity contribution in [1.82, 2.24) is 0 Å². The van der Waals surface area contributed by atoms with Gasteiger partial charge in [0.1, 0.15) is 0 Å². The summed E-state index contributed by atoms with van der Waals surface area (Å²) < 4.78 is 0. The Labute approximate surface area is 44.9 Å². The van der Waals surface area contributed by atoms with Crippen LogP contribution in [0, 0.1) is 11.8 Å². The van der Waals surface area contributed by atoms with Gasteiger partial charge < -0.3 is 5.73 Å². The summed E-state index contributed by atoms with van der Waals surface area (Å²) in [5.74, 6) is 1.98. The maximum Gasteiger partial charge on any atom is -0.00745 e. The lowest BCUT2D eigenvalue weighted by molar-refractivity contribution is 0.683. The van der Waals surface area contributed by atoms with Gasteiger partial charge in [-0.3, -0.25) is 0 Å². The third-order valence-corrected chi connectivity index (χ3v) is 1.81. The van der Waals surface area contributed by atoms with Crippen LogP contribution in [0.2, 0.25) is 0 Å². The van der Waals surface area contributed by atoms with Gasteiger partial charge in [0.15, 0.2) is 0 Å². The van der Waals surface area contributed by atoms with Crippen molar-refractivity contribution in [1.29, 1.82) is 0 Å². The molecule has 1 aliphatic carbocycles. The average Bonchev–Trinajstić information content (AvgIpc) is 2.22. The minimum Gasteiger partial charge on any atom is -0.330 e. The van der Waals surface area contributed by atoms with Gasteiger partial charge in [0.05, 0.1) is 0 Å². The molecule has 2 atom stereocenters. The topological polar surface area (TPSA) is 26.0 Å². The molecule has 1 heteroatoms. The number of rotatable bonds is 2. The van der Waals surface area contributed by atoms with Crippen LogP contribution in [0.4, 0.5) is 0 Å². The van der Waals surface area contributed by atoms with Crippen molar-refractivity contribution >= 4 is 0 Å². The van der Waals surface area contributed by atoms with Crippen LogP contribution < -0.4 is 5.73 Å². The summed E-state index contributed by atoms with van der Waals surface area (Å²) in [5.41, 5.74) is 5.33. The first kappa shape index (κ1) is 5.10. The van der Waals surface area contributed by atoms with Gasteiger partial charge in [-0.05, 0) is 31.2 Å². The summed E-state index contributed by atoms with van der Waals surface area (Å²) in [6.45, 7) is 3.18. The van der Waals surface area contributed by atoms with E-state index in [1.165, 1.54) is 12.8 Å². The van der Waals surface area contributed by atoms with Crippen molar-refractivity contribution < 1.29 is 0 Å². The van der Waals surface area contributed by atoms with E-state index in [9.17, 15) is 0 Å². The Kier molecular flexibility index (Phi) is 1.33. The Morgan fingerprint density at radius 2 is 2.29 bits per heavy atom. The van der Waals surface area contributed by atoms with Crippen molar-refractivity contribution in [2.75, 3.05) is 6.54 Å². The van der Waals surface area contributed by atoms with Crippen LogP contribution in [0.1, 0.15) is 19.8 Å². The van der Waals surface area contributed by atoms with Gasteiger partial charge >= 0.3 is 0 Å². The molecule has 0 saturated heterocycles. The van der Waals surface area contributed by atoms with Gasteiger partial charge in [0.25, 0.3) is 0 Å². The Morgan fingerprint density at radius 1 is 1.71 bits per heavy atom. The third kappa shape index (κ3) is 1.16. The van der Waals surface area contributed by atoms with Gasteiger partial charge in [-0.1, -0.05) is 6.92 Å². The maximum absolute atomic E-state index is 5.33. The summed E-state index contributed by atoms with van der Waals surface area (Å²) in [5, 5.41) is 0. The zero-order valence-electron chi connectivity index (χ0n) is 4.85. The Hall–Kier alpha value is -0.0400. The van der Waals surface area contributed by atoms with E-state index in [0.29, 0.717) is 0 Å². The van der Waals surface area contributed by atoms with E-state index in [2.05, 4.69) is 6.92 Å². The lowest BCUT2D eigenvalue weighted by Crippen LogP contribution is -1.99. The van der Waals surface area contributed by atoms with E-state index < -0.39 is 0 Å². The number of nitrogens with two attached hydrogens (primary N) is 1. The highest BCUT2D eigenvalue weighted by Gasteiger charge is 2.30. The van der Waals surface area contributed by atoms with E-state index >= 15 is 0 Å². The van der Waals surface area contributed by atoms with Crippen LogP contribution >= 0.6 is 0 Å². The zero-order valence-corrected chi connectivity index (χ0v) is 4.85. The third-order valence-electron chi connectivity index (χ3n) is 1.81. The van der Waals surface area contributed by atoms with Crippen LogP contribution in [0.5, 0.6) is 0 Å². The molecule has 0 aliphatic heterocycles. The van der Waals surface area contributed by atoms with Crippen LogP contribution in [-0.4, -0.2) is 6.54 Å². The molecule has 0 unspecified atom stereocenters. The van der Waals surface area contributed by atoms with Gasteiger partial charge in [0, 0.05) is 0 Å². The molecule has 1 saturated carbocycles. The molecule has 1 aliphatic rings. The second kappa shape index (κ2) is 1.83. The predicted molar refractivity (Wildman–Crippen MR) is 30.9 cm³/mol. The molecule has 0 aromatic heterocycles. The van der Waals surface area contributed by atoms with Crippen molar-refractivity contribution in [2.45, 2.75) is 19.8 Å². The fourth-order valence-corrected chi connectivity index (χ4v) is 1.02. The molecule has 0 radical (unpaired) electrons. The predicted octanol–water partition coefficient (Wildman–Crippen LogP) is 0.991. The Morgan fingerprint density at radius 3 is 2.43 bits per heavy atom. The quantitative estimate of drug-likeness (QED) is 0.549. The van der Waals surface area contributed by atoms with Crippen molar-refractivity contribution in [3.63, 3.8) is 0 Å². The van der Waals surface area contributed by atoms with E-state index in [1.807, 2.05) is 0 Å². The van der Waals surface area contributed by atoms with Gasteiger partial charge in [0.2, 0.25) is 0 Å². The first-order valence-electron chi connectivity index (χ1n) is 3.04. The van der Waals surface area contributed by atoms with E-state index in [-0.39, 0.29) is 0 Å². The summed E-state index contributed by atoms with van der Waals surface area (Å²) in [4.78, 5) is 0. The van der Waals surface area contributed by atoms with E-state index in [4.69, 9.17) is 5.73 Å². The van der Waals surface area contributed by atoms with E-state index in [0.717, 1.165) is 18.4 Å². The monoisotopic (exact) mass is 99.1 g/mol. The Bertz CT molecular complexity index is 61.2. The fraction of sp³-hybridized carbons (Fsp3) is 1.00. The molecule has 0 aromatic carbocycles. The smallest absolute Gasteiger partial charge is 0.00745 e. The van der Waals surface area contributed by atoms with Crippen LogP contribution in [0.15, 0.2) is 0 Å². The number of hydrogen-bond donors (Lipinski definition) is 1. The van der Waals surface area contributed by atoms with Crippen LogP contribution in [0.25, 0.3) is 0 Å². The summed E-state index contributed by atoms with van der Waals surface area (Å²) in [6.07, 6.45) is 2.68. The lowest BCUT2D eigenvalue weighted by Gasteiger charge is -1.87. The molecule has 2 N–H and O–H groups in total. The van der Waals surface area contributed by atoms with Crippen LogP contribution in [0.3, 0.4) is 0 Å². The van der Waals surface area contributed by atoms with Gasteiger partial charge in [-0.2, -0.15) is 0 Å². The summed E-state index contributed by atoms with van der Waals surface area (Å²) in [7, 11) is 0. The first-order chi connectivity index (χ1) is 3.34. The molecular weight excluding hydrogens is 86.1 g/mol. The minimum absolute atomic E-state index is 0.884. The highest BCUT2D eigenvalue weighted by molar-refractivity contribution is 4.81. The van der Waals surface area contributed by atoms with Crippen molar-refractivity contribution in [3.8, 4) is 0 Å². The van der Waals surface area contributed by atoms with Gasteiger partial charge in [-0.25, -0.2) is 0 Å². The molecule has 1 nitrogen and oxygen atoms in total. The molecule has 1 fully saturated rings. The highest BCUT2D eigenvalue weighted by Crippen LogP contribution is 2.39. The second-order valence-corrected chi connectivity index (χ2v) is 2.55. The standard InChI is InChI=1S/C6H13N/c1-5-4-6(5)2-3-7/h5-6H,2-4,7H2,1H3/t5-,6+/m0/s1. The molecule has 7 heavy (non-hydrogen) atoms. The summed E-state index contributed by atoms with van der Waals surface area (Å²) >= 11 is 0. The second-order valence-electron chi connectivity index (χ2n) is 2.55. The number of hydrogen-bond acceptors (Lipinski definition) is 1. The SMILES string of the molecule is C[C@H]1C[C@H]1CCN.